The molecule has 0 bridgehead atoms. The fraction of sp³-hybridized carbons (Fsp3) is 0.333. The van der Waals surface area contributed by atoms with Gasteiger partial charge in [-0.25, -0.2) is 4.98 Å². The molecule has 2 aromatic heterocycles. The smallest absolute Gasteiger partial charge is 0.134 e. The van der Waals surface area contributed by atoms with Crippen molar-refractivity contribution in [3.05, 3.63) is 55.0 Å². The summed E-state index contributed by atoms with van der Waals surface area (Å²) in [5, 5.41) is 20.4. The van der Waals surface area contributed by atoms with Crippen LogP contribution >= 0.6 is 0 Å². The van der Waals surface area contributed by atoms with E-state index in [0.29, 0.717) is 5.92 Å². The first-order valence-corrected chi connectivity index (χ1v) is 8.05. The first-order valence-electron chi connectivity index (χ1n) is 8.05. The number of rotatable bonds is 4. The van der Waals surface area contributed by atoms with Crippen LogP contribution in [0.3, 0.4) is 0 Å². The molecule has 1 aromatic carbocycles. The Morgan fingerprint density at radius 1 is 1.13 bits per heavy atom. The molecular formula is C18H20N4O. The molecule has 3 atom stereocenters. The summed E-state index contributed by atoms with van der Waals surface area (Å²) in [4.78, 5) is 4.47. The lowest BCUT2D eigenvalue weighted by Crippen LogP contribution is -2.28. The molecule has 1 unspecified atom stereocenters. The summed E-state index contributed by atoms with van der Waals surface area (Å²) in [6.07, 6.45) is 6.94. The molecule has 2 N–H and O–H groups in total. The van der Waals surface area contributed by atoms with Gasteiger partial charge in [-0.15, -0.1) is 0 Å². The van der Waals surface area contributed by atoms with E-state index in [9.17, 15) is 5.11 Å². The van der Waals surface area contributed by atoms with Crippen LogP contribution < -0.4 is 5.32 Å². The van der Waals surface area contributed by atoms with Crippen LogP contribution in [-0.2, 0) is 6.54 Å². The molecular weight excluding hydrogens is 288 g/mol. The molecule has 0 radical (unpaired) electrons. The fourth-order valence-electron chi connectivity index (χ4n) is 3.51. The maximum Gasteiger partial charge on any atom is 0.134 e. The highest BCUT2D eigenvalue weighted by molar-refractivity contribution is 5.91. The van der Waals surface area contributed by atoms with Gasteiger partial charge in [0.1, 0.15) is 5.82 Å². The van der Waals surface area contributed by atoms with Gasteiger partial charge >= 0.3 is 0 Å². The van der Waals surface area contributed by atoms with Crippen molar-refractivity contribution in [2.24, 2.45) is 5.92 Å². The number of nitrogens with one attached hydrogen (secondary N) is 1. The summed E-state index contributed by atoms with van der Waals surface area (Å²) in [6, 6.07) is 12.2. The van der Waals surface area contributed by atoms with E-state index in [-0.39, 0.29) is 12.1 Å². The molecule has 0 spiro atoms. The summed E-state index contributed by atoms with van der Waals surface area (Å²) in [7, 11) is 0. The van der Waals surface area contributed by atoms with Crippen LogP contribution in [0.4, 0.5) is 5.82 Å². The Hall–Kier alpha value is -2.40. The largest absolute Gasteiger partial charge is 0.391 e. The molecule has 5 heteroatoms. The molecule has 0 saturated heterocycles. The van der Waals surface area contributed by atoms with Crippen LogP contribution in [0.2, 0.25) is 0 Å². The van der Waals surface area contributed by atoms with E-state index in [1.165, 1.54) is 0 Å². The molecule has 1 fully saturated rings. The highest BCUT2D eigenvalue weighted by atomic mass is 16.3. The van der Waals surface area contributed by atoms with Crippen LogP contribution in [0.5, 0.6) is 0 Å². The van der Waals surface area contributed by atoms with Crippen molar-refractivity contribution >= 4 is 16.6 Å². The second-order valence-corrected chi connectivity index (χ2v) is 6.26. The molecule has 118 valence electrons. The number of fused-ring (bicyclic) bond motifs is 1. The standard InChI is InChI=1S/C18H20N4O/c23-17-11-13(12-22-9-3-7-20-22)10-16(17)21-18-15-5-2-1-4-14(15)6-8-19-18/h1-9,13,16-17,23H,10-12H2,(H,19,21)/t13?,16-,17-/m1/s1. The minimum atomic E-state index is -0.351. The monoisotopic (exact) mass is 308 g/mol. The normalized spacial score (nSPS) is 24.1. The van der Waals surface area contributed by atoms with Crippen LogP contribution in [0.25, 0.3) is 10.8 Å². The zero-order chi connectivity index (χ0) is 15.6. The highest BCUT2D eigenvalue weighted by Crippen LogP contribution is 2.31. The third kappa shape index (κ3) is 2.92. The van der Waals surface area contributed by atoms with E-state index in [0.717, 1.165) is 36.0 Å². The van der Waals surface area contributed by atoms with E-state index in [1.807, 2.05) is 41.3 Å². The molecule has 1 aliphatic rings. The maximum absolute atomic E-state index is 10.4. The third-order valence-electron chi connectivity index (χ3n) is 4.63. The van der Waals surface area contributed by atoms with Crippen molar-refractivity contribution in [2.75, 3.05) is 5.32 Å². The van der Waals surface area contributed by atoms with E-state index in [4.69, 9.17) is 0 Å². The SMILES string of the molecule is O[C@@H]1CC(Cn2cccn2)C[C@H]1Nc1nccc2ccccc12. The predicted octanol–water partition coefficient (Wildman–Crippen LogP) is 2.68. The van der Waals surface area contributed by atoms with Gasteiger partial charge in [0.25, 0.3) is 0 Å². The van der Waals surface area contributed by atoms with Crippen molar-refractivity contribution in [1.29, 1.82) is 0 Å². The predicted molar refractivity (Wildman–Crippen MR) is 90.1 cm³/mol. The number of anilines is 1. The molecule has 3 aromatic rings. The Labute approximate surface area is 135 Å². The van der Waals surface area contributed by atoms with E-state index in [1.54, 1.807) is 6.20 Å². The average Bonchev–Trinajstić information content (AvgIpc) is 3.18. The Bertz CT molecular complexity index is 781. The van der Waals surface area contributed by atoms with E-state index in [2.05, 4.69) is 27.5 Å². The van der Waals surface area contributed by atoms with Crippen LogP contribution in [0, 0.1) is 5.92 Å². The minimum absolute atomic E-state index is 0.0360. The maximum atomic E-state index is 10.4. The lowest BCUT2D eigenvalue weighted by atomic mass is 10.1. The first-order chi connectivity index (χ1) is 11.3. The van der Waals surface area contributed by atoms with Gasteiger partial charge < -0.3 is 10.4 Å². The van der Waals surface area contributed by atoms with Gasteiger partial charge in [-0.3, -0.25) is 4.68 Å². The number of benzene rings is 1. The van der Waals surface area contributed by atoms with Crippen molar-refractivity contribution in [3.8, 4) is 0 Å². The summed E-state index contributed by atoms with van der Waals surface area (Å²) < 4.78 is 1.94. The highest BCUT2D eigenvalue weighted by Gasteiger charge is 2.33. The minimum Gasteiger partial charge on any atom is -0.391 e. The third-order valence-corrected chi connectivity index (χ3v) is 4.63. The molecule has 1 aliphatic carbocycles. The lowest BCUT2D eigenvalue weighted by molar-refractivity contribution is 0.166. The molecule has 0 amide bonds. The van der Waals surface area contributed by atoms with Crippen LogP contribution in [0.1, 0.15) is 12.8 Å². The molecule has 4 rings (SSSR count). The van der Waals surface area contributed by atoms with Gasteiger partial charge in [0, 0.05) is 30.5 Å². The zero-order valence-electron chi connectivity index (χ0n) is 12.8. The summed E-state index contributed by atoms with van der Waals surface area (Å²) >= 11 is 0. The lowest BCUT2D eigenvalue weighted by Gasteiger charge is -2.18. The number of nitrogens with zero attached hydrogens (tertiary/aromatic N) is 3. The van der Waals surface area contributed by atoms with Crippen molar-refractivity contribution in [1.82, 2.24) is 14.8 Å². The van der Waals surface area contributed by atoms with E-state index < -0.39 is 0 Å². The van der Waals surface area contributed by atoms with Crippen molar-refractivity contribution in [3.63, 3.8) is 0 Å². The van der Waals surface area contributed by atoms with E-state index >= 15 is 0 Å². The number of hydrogen-bond acceptors (Lipinski definition) is 4. The molecule has 23 heavy (non-hydrogen) atoms. The second kappa shape index (κ2) is 6.01. The molecule has 1 saturated carbocycles. The van der Waals surface area contributed by atoms with Gasteiger partial charge in [0.15, 0.2) is 0 Å². The summed E-state index contributed by atoms with van der Waals surface area (Å²) in [6.45, 7) is 0.852. The summed E-state index contributed by atoms with van der Waals surface area (Å²) in [5.41, 5.74) is 0. The summed E-state index contributed by atoms with van der Waals surface area (Å²) in [5.74, 6) is 1.28. The van der Waals surface area contributed by atoms with Gasteiger partial charge in [-0.2, -0.15) is 5.10 Å². The number of hydrogen-bond donors (Lipinski definition) is 2. The average molecular weight is 308 g/mol. The molecule has 5 nitrogen and oxygen atoms in total. The Balaban J connectivity index is 1.50. The van der Waals surface area contributed by atoms with Gasteiger partial charge in [-0.05, 0) is 36.3 Å². The number of aliphatic hydroxyl groups excluding tert-OH is 1. The fourth-order valence-corrected chi connectivity index (χ4v) is 3.51. The first kappa shape index (κ1) is 14.2. The topological polar surface area (TPSA) is 63.0 Å². The van der Waals surface area contributed by atoms with Crippen molar-refractivity contribution < 1.29 is 5.11 Å². The Morgan fingerprint density at radius 3 is 2.91 bits per heavy atom. The zero-order valence-corrected chi connectivity index (χ0v) is 12.8. The van der Waals surface area contributed by atoms with Gasteiger partial charge in [0.05, 0.1) is 12.1 Å². The van der Waals surface area contributed by atoms with Gasteiger partial charge in [-0.1, -0.05) is 24.3 Å². The Kier molecular flexibility index (Phi) is 3.71. The van der Waals surface area contributed by atoms with Crippen molar-refractivity contribution in [2.45, 2.75) is 31.5 Å². The number of aromatic nitrogens is 3. The van der Waals surface area contributed by atoms with Crippen LogP contribution in [0.15, 0.2) is 55.0 Å². The number of pyridine rings is 1. The van der Waals surface area contributed by atoms with Crippen LogP contribution in [-0.4, -0.2) is 32.0 Å². The molecule has 2 heterocycles. The Morgan fingerprint density at radius 2 is 2.04 bits per heavy atom. The number of aliphatic hydroxyl groups is 1. The second-order valence-electron chi connectivity index (χ2n) is 6.26. The van der Waals surface area contributed by atoms with Gasteiger partial charge in [0.2, 0.25) is 0 Å². The quantitative estimate of drug-likeness (QED) is 0.778. The molecule has 0 aliphatic heterocycles.